The quantitative estimate of drug-likeness (QED) is 0.648. The van der Waals surface area contributed by atoms with Crippen LogP contribution in [-0.2, 0) is 26.1 Å². The minimum absolute atomic E-state index is 0.0114. The Morgan fingerprint density at radius 1 is 1.07 bits per heavy atom. The van der Waals surface area contributed by atoms with E-state index in [2.05, 4.69) is 10.0 Å². The molecule has 9 heteroatoms. The maximum absolute atomic E-state index is 12.4. The molecule has 0 fully saturated rings. The Morgan fingerprint density at radius 2 is 1.71 bits per heavy atom. The summed E-state index contributed by atoms with van der Waals surface area (Å²) in [6.45, 7) is 1.64. The molecule has 0 aromatic heterocycles. The van der Waals surface area contributed by atoms with E-state index in [4.69, 9.17) is 9.47 Å². The van der Waals surface area contributed by atoms with Gasteiger partial charge in [-0.1, -0.05) is 30.3 Å². The van der Waals surface area contributed by atoms with Crippen molar-refractivity contribution in [3.05, 3.63) is 59.7 Å². The van der Waals surface area contributed by atoms with Crippen molar-refractivity contribution in [1.29, 1.82) is 0 Å². The number of ether oxygens (including phenoxy) is 2. The summed E-state index contributed by atoms with van der Waals surface area (Å²) < 4.78 is 35.5. The number of sulfonamides is 1. The highest BCUT2D eigenvalue weighted by atomic mass is 32.2. The number of para-hydroxylation sites is 2. The van der Waals surface area contributed by atoms with Crippen molar-refractivity contribution in [1.82, 2.24) is 5.32 Å². The van der Waals surface area contributed by atoms with Crippen LogP contribution in [0.4, 0.5) is 5.69 Å². The normalized spacial score (nSPS) is 12.0. The molecule has 0 spiro atoms. The van der Waals surface area contributed by atoms with Gasteiger partial charge in [-0.3, -0.25) is 9.52 Å². The van der Waals surface area contributed by atoms with Gasteiger partial charge >= 0.3 is 5.97 Å². The molecular weight excluding hydrogens is 384 g/mol. The van der Waals surface area contributed by atoms with Crippen LogP contribution < -0.4 is 14.8 Å². The lowest BCUT2D eigenvalue weighted by Crippen LogP contribution is -2.35. The number of anilines is 1. The predicted octanol–water partition coefficient (Wildman–Crippen LogP) is 1.93. The van der Waals surface area contributed by atoms with Crippen molar-refractivity contribution < 1.29 is 27.5 Å². The molecule has 2 N–H and O–H groups in total. The zero-order valence-electron chi connectivity index (χ0n) is 15.8. The zero-order chi connectivity index (χ0) is 20.7. The van der Waals surface area contributed by atoms with E-state index in [1.54, 1.807) is 18.2 Å². The van der Waals surface area contributed by atoms with E-state index in [0.29, 0.717) is 5.75 Å². The molecule has 0 radical (unpaired) electrons. The molecule has 150 valence electrons. The van der Waals surface area contributed by atoms with Gasteiger partial charge in [-0.05, 0) is 25.1 Å². The van der Waals surface area contributed by atoms with Crippen LogP contribution in [0.2, 0.25) is 0 Å². The smallest absolute Gasteiger partial charge is 0.341 e. The van der Waals surface area contributed by atoms with Crippen molar-refractivity contribution >= 4 is 27.6 Å². The third-order valence-electron chi connectivity index (χ3n) is 3.74. The highest BCUT2D eigenvalue weighted by molar-refractivity contribution is 7.92. The standard InChI is InChI=1S/C19H22N2O6S/c1-13(18(22)20-12-14-8-4-7-11-17(14)26-2)27-19(23)15-9-5-6-10-16(15)21-28(3,24)25/h4-11,13,21H,12H2,1-3H3,(H,20,22)/t13-/m1/s1. The summed E-state index contributed by atoms with van der Waals surface area (Å²) in [5.74, 6) is -0.673. The van der Waals surface area contributed by atoms with Crippen LogP contribution in [0.15, 0.2) is 48.5 Å². The first-order chi connectivity index (χ1) is 13.2. The second-order valence-corrected chi connectivity index (χ2v) is 7.75. The molecule has 0 heterocycles. The second-order valence-electron chi connectivity index (χ2n) is 6.00. The highest BCUT2D eigenvalue weighted by Gasteiger charge is 2.21. The summed E-state index contributed by atoms with van der Waals surface area (Å²) in [6.07, 6.45) is -0.100. The number of carbonyl (C=O) groups excluding carboxylic acids is 2. The molecule has 0 aliphatic heterocycles. The van der Waals surface area contributed by atoms with Gasteiger partial charge in [0, 0.05) is 12.1 Å². The molecule has 0 bridgehead atoms. The third-order valence-corrected chi connectivity index (χ3v) is 4.33. The molecular formula is C19H22N2O6S. The second kappa shape index (κ2) is 9.23. The molecule has 0 saturated carbocycles. The first-order valence-corrected chi connectivity index (χ1v) is 10.3. The molecule has 2 rings (SSSR count). The fraction of sp³-hybridized carbons (Fsp3) is 0.263. The summed E-state index contributed by atoms with van der Waals surface area (Å²) in [4.78, 5) is 24.6. The number of amides is 1. The third kappa shape index (κ3) is 5.98. The number of rotatable bonds is 8. The van der Waals surface area contributed by atoms with Gasteiger partial charge in [-0.2, -0.15) is 0 Å². The summed E-state index contributed by atoms with van der Waals surface area (Å²) in [6, 6.07) is 13.2. The van der Waals surface area contributed by atoms with Crippen molar-refractivity contribution in [2.45, 2.75) is 19.6 Å². The molecule has 0 saturated heterocycles. The topological polar surface area (TPSA) is 111 Å². The van der Waals surface area contributed by atoms with Crippen LogP contribution in [0.1, 0.15) is 22.8 Å². The van der Waals surface area contributed by atoms with Crippen LogP contribution in [0.5, 0.6) is 5.75 Å². The van der Waals surface area contributed by atoms with Crippen LogP contribution >= 0.6 is 0 Å². The molecule has 0 aliphatic carbocycles. The zero-order valence-corrected chi connectivity index (χ0v) is 16.6. The number of benzene rings is 2. The maximum Gasteiger partial charge on any atom is 0.341 e. The van der Waals surface area contributed by atoms with Gasteiger partial charge in [-0.15, -0.1) is 0 Å². The van der Waals surface area contributed by atoms with E-state index in [0.717, 1.165) is 11.8 Å². The molecule has 2 aromatic rings. The van der Waals surface area contributed by atoms with Crippen LogP contribution in [-0.4, -0.2) is 39.8 Å². The lowest BCUT2D eigenvalue weighted by Gasteiger charge is -2.16. The highest BCUT2D eigenvalue weighted by Crippen LogP contribution is 2.19. The molecule has 8 nitrogen and oxygen atoms in total. The van der Waals surface area contributed by atoms with Crippen molar-refractivity contribution in [3.63, 3.8) is 0 Å². The average molecular weight is 406 g/mol. The molecule has 28 heavy (non-hydrogen) atoms. The molecule has 2 aromatic carbocycles. The van der Waals surface area contributed by atoms with Gasteiger partial charge in [0.2, 0.25) is 10.0 Å². The fourth-order valence-corrected chi connectivity index (χ4v) is 2.98. The van der Waals surface area contributed by atoms with E-state index in [9.17, 15) is 18.0 Å². The van der Waals surface area contributed by atoms with Crippen LogP contribution in [0.3, 0.4) is 0 Å². The van der Waals surface area contributed by atoms with Gasteiger partial charge in [0.05, 0.1) is 24.6 Å². The van der Waals surface area contributed by atoms with Gasteiger partial charge in [-0.25, -0.2) is 13.2 Å². The Morgan fingerprint density at radius 3 is 2.39 bits per heavy atom. The Balaban J connectivity index is 2.01. The molecule has 1 atom stereocenters. The molecule has 1 amide bonds. The summed E-state index contributed by atoms with van der Waals surface area (Å²) in [7, 11) is -2.04. The van der Waals surface area contributed by atoms with Gasteiger partial charge in [0.1, 0.15) is 5.75 Å². The molecule has 0 unspecified atom stereocenters. The largest absolute Gasteiger partial charge is 0.496 e. The number of nitrogens with one attached hydrogen (secondary N) is 2. The van der Waals surface area contributed by atoms with Crippen molar-refractivity contribution in [3.8, 4) is 5.75 Å². The fourth-order valence-electron chi connectivity index (χ4n) is 2.40. The van der Waals surface area contributed by atoms with Gasteiger partial charge < -0.3 is 14.8 Å². The minimum atomic E-state index is -3.57. The number of esters is 1. The number of methoxy groups -OCH3 is 1. The van der Waals surface area contributed by atoms with E-state index in [-0.39, 0.29) is 17.8 Å². The van der Waals surface area contributed by atoms with Gasteiger partial charge in [0.25, 0.3) is 5.91 Å². The summed E-state index contributed by atoms with van der Waals surface area (Å²) in [5, 5.41) is 2.68. The van der Waals surface area contributed by atoms with E-state index < -0.39 is 28.0 Å². The SMILES string of the molecule is COc1ccccc1CNC(=O)[C@@H](C)OC(=O)c1ccccc1NS(C)(=O)=O. The average Bonchev–Trinajstić information content (AvgIpc) is 2.65. The lowest BCUT2D eigenvalue weighted by molar-refractivity contribution is -0.129. The molecule has 0 aliphatic rings. The van der Waals surface area contributed by atoms with E-state index in [1.807, 2.05) is 18.2 Å². The van der Waals surface area contributed by atoms with Crippen LogP contribution in [0, 0.1) is 0 Å². The first-order valence-electron chi connectivity index (χ1n) is 8.38. The number of hydrogen-bond acceptors (Lipinski definition) is 6. The summed E-state index contributed by atoms with van der Waals surface area (Å²) in [5.41, 5.74) is 0.869. The predicted molar refractivity (Wildman–Crippen MR) is 105 cm³/mol. The summed E-state index contributed by atoms with van der Waals surface area (Å²) >= 11 is 0. The van der Waals surface area contributed by atoms with Gasteiger partial charge in [0.15, 0.2) is 6.10 Å². The first kappa shape index (κ1) is 21.2. The number of carbonyl (C=O) groups is 2. The maximum atomic E-state index is 12.4. The Labute approximate surface area is 163 Å². The lowest BCUT2D eigenvalue weighted by atomic mass is 10.2. The number of hydrogen-bond donors (Lipinski definition) is 2. The Bertz CT molecular complexity index is 958. The van der Waals surface area contributed by atoms with E-state index in [1.165, 1.54) is 26.2 Å². The monoisotopic (exact) mass is 406 g/mol. The van der Waals surface area contributed by atoms with Crippen molar-refractivity contribution in [2.24, 2.45) is 0 Å². The Hall–Kier alpha value is -3.07. The minimum Gasteiger partial charge on any atom is -0.496 e. The van der Waals surface area contributed by atoms with Crippen molar-refractivity contribution in [2.75, 3.05) is 18.1 Å². The Kier molecular flexibility index (Phi) is 7.00. The van der Waals surface area contributed by atoms with Crippen LogP contribution in [0.25, 0.3) is 0 Å². The van der Waals surface area contributed by atoms with E-state index >= 15 is 0 Å².